The summed E-state index contributed by atoms with van der Waals surface area (Å²) in [6.45, 7) is 0. The Morgan fingerprint density at radius 1 is 1.73 bits per heavy atom. The van der Waals surface area contributed by atoms with Gasteiger partial charge in [0, 0.05) is 13.5 Å². The second-order valence-electron chi connectivity index (χ2n) is 3.57. The number of rotatable bonds is 2. The number of carbonyl (C=O) groups excluding carboxylic acids is 1. The van der Waals surface area contributed by atoms with E-state index in [1.807, 2.05) is 0 Å². The molecule has 0 saturated carbocycles. The Morgan fingerprint density at radius 2 is 2.40 bits per heavy atom. The van der Waals surface area contributed by atoms with E-state index < -0.39 is 24.5 Å². The standard InChI is InChI=1S/C8H12N2O5/c1-14-4-2-3-5(9)6(11)10(3)7(15-4)8(12)13/h3-5,7H,2,9H2,1H3,(H,12,13). The maximum Gasteiger partial charge on any atom is 0.354 e. The summed E-state index contributed by atoms with van der Waals surface area (Å²) in [6, 6.07) is -0.925. The molecule has 2 aliphatic heterocycles. The van der Waals surface area contributed by atoms with Crippen molar-refractivity contribution in [2.45, 2.75) is 31.0 Å². The molecule has 0 aliphatic carbocycles. The number of nitrogens with zero attached hydrogens (tertiary/aromatic N) is 1. The van der Waals surface area contributed by atoms with Crippen molar-refractivity contribution in [2.24, 2.45) is 5.73 Å². The molecule has 0 aromatic carbocycles. The van der Waals surface area contributed by atoms with Gasteiger partial charge < -0.3 is 25.2 Å². The van der Waals surface area contributed by atoms with Crippen LogP contribution in [-0.2, 0) is 19.1 Å². The molecule has 4 atom stereocenters. The summed E-state index contributed by atoms with van der Waals surface area (Å²) in [7, 11) is 1.42. The predicted octanol–water partition coefficient (Wildman–Crippen LogP) is -1.67. The van der Waals surface area contributed by atoms with E-state index in [2.05, 4.69) is 0 Å². The van der Waals surface area contributed by atoms with Gasteiger partial charge in [-0.15, -0.1) is 0 Å². The lowest BCUT2D eigenvalue weighted by atomic mass is 9.90. The van der Waals surface area contributed by atoms with Crippen molar-refractivity contribution < 1.29 is 24.2 Å². The predicted molar refractivity (Wildman–Crippen MR) is 46.5 cm³/mol. The topological polar surface area (TPSA) is 102 Å². The van der Waals surface area contributed by atoms with Crippen molar-refractivity contribution in [3.8, 4) is 0 Å². The fourth-order valence-corrected chi connectivity index (χ4v) is 1.93. The van der Waals surface area contributed by atoms with E-state index in [1.54, 1.807) is 0 Å². The van der Waals surface area contributed by atoms with Gasteiger partial charge in [0.1, 0.15) is 6.04 Å². The van der Waals surface area contributed by atoms with Gasteiger partial charge in [0.25, 0.3) is 0 Å². The molecular formula is C8H12N2O5. The van der Waals surface area contributed by atoms with E-state index in [1.165, 1.54) is 7.11 Å². The van der Waals surface area contributed by atoms with Crippen LogP contribution in [0.25, 0.3) is 0 Å². The van der Waals surface area contributed by atoms with Crippen LogP contribution in [0.1, 0.15) is 6.42 Å². The van der Waals surface area contributed by atoms with Gasteiger partial charge in [-0.3, -0.25) is 4.79 Å². The Balaban J connectivity index is 2.17. The number of fused-ring (bicyclic) bond motifs is 1. The second-order valence-corrected chi connectivity index (χ2v) is 3.57. The Kier molecular flexibility index (Phi) is 2.37. The van der Waals surface area contributed by atoms with Crippen LogP contribution in [0.2, 0.25) is 0 Å². The smallest absolute Gasteiger partial charge is 0.354 e. The van der Waals surface area contributed by atoms with Crippen LogP contribution in [0.4, 0.5) is 0 Å². The summed E-state index contributed by atoms with van der Waals surface area (Å²) in [6.07, 6.45) is -1.49. The minimum Gasteiger partial charge on any atom is -0.478 e. The maximum absolute atomic E-state index is 11.3. The van der Waals surface area contributed by atoms with Crippen molar-refractivity contribution in [3.63, 3.8) is 0 Å². The zero-order valence-electron chi connectivity index (χ0n) is 8.12. The number of hydrogen-bond donors (Lipinski definition) is 2. The molecule has 0 bridgehead atoms. The first-order valence-electron chi connectivity index (χ1n) is 4.55. The molecule has 2 aliphatic rings. The molecular weight excluding hydrogens is 204 g/mol. The summed E-state index contributed by atoms with van der Waals surface area (Å²) < 4.78 is 10.0. The van der Waals surface area contributed by atoms with Crippen LogP contribution in [0.3, 0.4) is 0 Å². The van der Waals surface area contributed by atoms with Crippen LogP contribution in [0.5, 0.6) is 0 Å². The Bertz CT molecular complexity index is 307. The Hall–Kier alpha value is -1.18. The number of ether oxygens (including phenoxy) is 2. The highest BCUT2D eigenvalue weighted by Crippen LogP contribution is 2.32. The molecule has 84 valence electrons. The molecule has 1 amide bonds. The van der Waals surface area contributed by atoms with E-state index >= 15 is 0 Å². The highest BCUT2D eigenvalue weighted by Gasteiger charge is 2.55. The van der Waals surface area contributed by atoms with E-state index in [-0.39, 0.29) is 11.9 Å². The number of carboxylic acids is 1. The Morgan fingerprint density at radius 3 is 2.93 bits per heavy atom. The SMILES string of the molecule is COC1CC2C(N)C(=O)N2C(C(=O)O)O1. The van der Waals surface area contributed by atoms with Crippen molar-refractivity contribution in [1.82, 2.24) is 4.90 Å². The molecule has 15 heavy (non-hydrogen) atoms. The number of amides is 1. The van der Waals surface area contributed by atoms with Gasteiger partial charge in [-0.1, -0.05) is 0 Å². The first-order chi connectivity index (χ1) is 7.06. The largest absolute Gasteiger partial charge is 0.478 e. The number of β-lactam (4-membered cyclic amide) rings is 1. The normalized spacial score (nSPS) is 39.6. The molecule has 2 fully saturated rings. The van der Waals surface area contributed by atoms with Gasteiger partial charge in [0.2, 0.25) is 12.1 Å². The van der Waals surface area contributed by atoms with Crippen LogP contribution in [0.15, 0.2) is 0 Å². The molecule has 4 unspecified atom stereocenters. The van der Waals surface area contributed by atoms with E-state index in [9.17, 15) is 9.59 Å². The quantitative estimate of drug-likeness (QED) is 0.535. The summed E-state index contributed by atoms with van der Waals surface area (Å²) in [5.74, 6) is -1.59. The minimum atomic E-state index is -1.28. The lowest BCUT2D eigenvalue weighted by Crippen LogP contribution is -2.76. The molecule has 0 spiro atoms. The third-order valence-corrected chi connectivity index (χ3v) is 2.75. The van der Waals surface area contributed by atoms with Gasteiger partial charge in [-0.2, -0.15) is 0 Å². The molecule has 2 heterocycles. The average Bonchev–Trinajstić information content (AvgIpc) is 2.25. The summed E-state index contributed by atoms with van der Waals surface area (Å²) in [5.41, 5.74) is 5.56. The van der Waals surface area contributed by atoms with E-state index in [0.29, 0.717) is 6.42 Å². The van der Waals surface area contributed by atoms with Gasteiger partial charge in [-0.25, -0.2) is 4.79 Å². The first kappa shape index (κ1) is 10.3. The number of nitrogens with two attached hydrogens (primary N) is 1. The number of carboxylic acid groups (broad SMARTS) is 1. The number of hydrogen-bond acceptors (Lipinski definition) is 5. The van der Waals surface area contributed by atoms with Crippen LogP contribution >= 0.6 is 0 Å². The highest BCUT2D eigenvalue weighted by molar-refractivity contribution is 5.92. The van der Waals surface area contributed by atoms with Crippen molar-refractivity contribution in [1.29, 1.82) is 0 Å². The van der Waals surface area contributed by atoms with Gasteiger partial charge in [-0.05, 0) is 0 Å². The van der Waals surface area contributed by atoms with Crippen LogP contribution in [0, 0.1) is 0 Å². The first-order valence-corrected chi connectivity index (χ1v) is 4.55. The summed E-state index contributed by atoms with van der Waals surface area (Å²) in [4.78, 5) is 23.3. The van der Waals surface area contributed by atoms with Crippen LogP contribution in [-0.4, -0.2) is 53.6 Å². The molecule has 7 nitrogen and oxygen atoms in total. The van der Waals surface area contributed by atoms with Crippen molar-refractivity contribution in [2.75, 3.05) is 7.11 Å². The molecule has 2 rings (SSSR count). The second kappa shape index (κ2) is 3.44. The average molecular weight is 216 g/mol. The number of aliphatic carboxylic acids is 1. The van der Waals surface area contributed by atoms with E-state index in [4.69, 9.17) is 20.3 Å². The zero-order chi connectivity index (χ0) is 11.2. The minimum absolute atomic E-state index is 0.294. The zero-order valence-corrected chi connectivity index (χ0v) is 8.12. The van der Waals surface area contributed by atoms with E-state index in [0.717, 1.165) is 4.90 Å². The fourth-order valence-electron chi connectivity index (χ4n) is 1.93. The third-order valence-electron chi connectivity index (χ3n) is 2.75. The summed E-state index contributed by atoms with van der Waals surface area (Å²) in [5, 5.41) is 8.86. The molecule has 0 aromatic heterocycles. The molecule has 2 saturated heterocycles. The molecule has 0 radical (unpaired) electrons. The van der Waals surface area contributed by atoms with Gasteiger partial charge in [0.15, 0.2) is 6.29 Å². The molecule has 0 aromatic rings. The third kappa shape index (κ3) is 1.39. The number of carbonyl (C=O) groups is 2. The Labute approximate surface area is 85.7 Å². The van der Waals surface area contributed by atoms with Crippen LogP contribution < -0.4 is 5.73 Å². The molecule has 7 heteroatoms. The lowest BCUT2D eigenvalue weighted by molar-refractivity contribution is -0.261. The summed E-state index contributed by atoms with van der Waals surface area (Å²) >= 11 is 0. The number of methoxy groups -OCH3 is 1. The maximum atomic E-state index is 11.3. The van der Waals surface area contributed by atoms with Gasteiger partial charge >= 0.3 is 5.97 Å². The lowest BCUT2D eigenvalue weighted by Gasteiger charge is -2.52. The van der Waals surface area contributed by atoms with Crippen molar-refractivity contribution >= 4 is 11.9 Å². The monoisotopic (exact) mass is 216 g/mol. The highest BCUT2D eigenvalue weighted by atomic mass is 16.7. The molecule has 3 N–H and O–H groups in total. The van der Waals surface area contributed by atoms with Crippen molar-refractivity contribution in [3.05, 3.63) is 0 Å². The van der Waals surface area contributed by atoms with Gasteiger partial charge in [0.05, 0.1) is 6.04 Å². The fraction of sp³-hybridized carbons (Fsp3) is 0.750.